The van der Waals surface area contributed by atoms with Crippen LogP contribution in [0.2, 0.25) is 0 Å². The van der Waals surface area contributed by atoms with Crippen LogP contribution in [-0.2, 0) is 38.1 Å². The SMILES string of the molecule is COC(C(=O)OC1CC2(O)C(OC(=O)c3ccccc3)C3C4(OC(C)=O)COC4CC(O)[C@@]3(C)C(=O)[C@H](C)C(=C1C)C2(C)C)C(C)N(C)C. The van der Waals surface area contributed by atoms with E-state index in [1.807, 2.05) is 25.9 Å². The van der Waals surface area contributed by atoms with Gasteiger partial charge < -0.3 is 38.8 Å². The van der Waals surface area contributed by atoms with Crippen LogP contribution >= 0.6 is 0 Å². The molecule has 1 saturated heterocycles. The first-order valence-electron chi connectivity index (χ1n) is 16.9. The molecule has 1 aliphatic heterocycles. The van der Waals surface area contributed by atoms with E-state index in [0.717, 1.165) is 0 Å². The summed E-state index contributed by atoms with van der Waals surface area (Å²) in [5.74, 6) is -4.62. The van der Waals surface area contributed by atoms with E-state index >= 15 is 4.79 Å². The van der Waals surface area contributed by atoms with Crippen molar-refractivity contribution >= 4 is 23.7 Å². The molecule has 3 aliphatic carbocycles. The number of nitrogens with zero attached hydrogens (tertiary/aromatic N) is 1. The maximum atomic E-state index is 15.0. The average molecular weight is 686 g/mol. The summed E-state index contributed by atoms with van der Waals surface area (Å²) < 4.78 is 30.0. The van der Waals surface area contributed by atoms with Gasteiger partial charge in [0, 0.05) is 44.2 Å². The normalized spacial score (nSPS) is 37.8. The molecule has 2 bridgehead atoms. The number of hydrogen-bond acceptors (Lipinski definition) is 12. The number of carbonyl (C=O) groups excluding carboxylic acids is 4. The molecule has 1 aromatic rings. The molecule has 4 aliphatic rings. The van der Waals surface area contributed by atoms with Crippen LogP contribution in [-0.4, -0.2) is 114 Å². The van der Waals surface area contributed by atoms with E-state index in [9.17, 15) is 24.6 Å². The van der Waals surface area contributed by atoms with Gasteiger partial charge in [-0.15, -0.1) is 0 Å². The third-order valence-corrected chi connectivity index (χ3v) is 12.2. The first-order chi connectivity index (χ1) is 22.8. The third-order valence-electron chi connectivity index (χ3n) is 12.2. The lowest BCUT2D eigenvalue weighted by molar-refractivity contribution is -0.345. The summed E-state index contributed by atoms with van der Waals surface area (Å²) in [6.45, 7) is 11.6. The number of hydrogen-bond donors (Lipinski definition) is 2. The second-order valence-corrected chi connectivity index (χ2v) is 15.3. The van der Waals surface area contributed by atoms with Crippen LogP contribution in [0.25, 0.3) is 0 Å². The Morgan fingerprint density at radius 3 is 2.24 bits per heavy atom. The van der Waals surface area contributed by atoms with E-state index < -0.39 is 82.3 Å². The Labute approximate surface area is 288 Å². The number of methoxy groups -OCH3 is 1. The highest BCUT2D eigenvalue weighted by molar-refractivity contribution is 5.92. The number of aliphatic hydroxyl groups excluding tert-OH is 1. The molecule has 1 heterocycles. The Kier molecular flexibility index (Phi) is 9.74. The predicted molar refractivity (Wildman–Crippen MR) is 176 cm³/mol. The van der Waals surface area contributed by atoms with Crippen molar-refractivity contribution in [1.29, 1.82) is 0 Å². The summed E-state index contributed by atoms with van der Waals surface area (Å²) in [5, 5.41) is 25.2. The van der Waals surface area contributed by atoms with Crippen LogP contribution in [0.4, 0.5) is 0 Å². The Morgan fingerprint density at radius 2 is 1.71 bits per heavy atom. The van der Waals surface area contributed by atoms with E-state index in [0.29, 0.717) is 11.1 Å². The zero-order chi connectivity index (χ0) is 36.4. The van der Waals surface area contributed by atoms with Gasteiger partial charge in [0.25, 0.3) is 0 Å². The number of likely N-dealkylation sites (N-methyl/N-ethyl adjacent to an activating group) is 1. The van der Waals surface area contributed by atoms with Crippen molar-refractivity contribution in [2.24, 2.45) is 22.7 Å². The molecule has 0 radical (unpaired) electrons. The minimum atomic E-state index is -2.03. The fourth-order valence-corrected chi connectivity index (χ4v) is 9.24. The number of ketones is 1. The molecule has 0 aromatic heterocycles. The summed E-state index contributed by atoms with van der Waals surface area (Å²) in [6.07, 6.45) is -5.94. The molecule has 11 atom stereocenters. The second-order valence-electron chi connectivity index (χ2n) is 15.3. The Bertz CT molecular complexity index is 1520. The molecule has 2 saturated carbocycles. The molecular weight excluding hydrogens is 634 g/mol. The molecule has 3 fully saturated rings. The minimum Gasteiger partial charge on any atom is -0.456 e. The van der Waals surface area contributed by atoms with Gasteiger partial charge in [-0.2, -0.15) is 0 Å². The second kappa shape index (κ2) is 12.9. The number of ether oxygens (including phenoxy) is 5. The summed E-state index contributed by atoms with van der Waals surface area (Å²) in [4.78, 5) is 57.4. The van der Waals surface area contributed by atoms with Gasteiger partial charge >= 0.3 is 17.9 Å². The zero-order valence-electron chi connectivity index (χ0n) is 30.1. The maximum absolute atomic E-state index is 15.0. The molecule has 9 unspecified atom stereocenters. The Balaban J connectivity index is 1.76. The van der Waals surface area contributed by atoms with E-state index in [4.69, 9.17) is 23.7 Å². The lowest BCUT2D eigenvalue weighted by Crippen LogP contribution is -2.81. The van der Waals surface area contributed by atoms with Crippen molar-refractivity contribution in [2.45, 2.75) is 109 Å². The van der Waals surface area contributed by atoms with Crippen LogP contribution in [0.5, 0.6) is 0 Å². The van der Waals surface area contributed by atoms with Crippen molar-refractivity contribution in [3.8, 4) is 0 Å². The van der Waals surface area contributed by atoms with Crippen molar-refractivity contribution < 1.29 is 53.1 Å². The topological polar surface area (TPSA) is 158 Å². The quantitative estimate of drug-likeness (QED) is 0.235. The van der Waals surface area contributed by atoms with Gasteiger partial charge in [-0.25, -0.2) is 9.59 Å². The third kappa shape index (κ3) is 5.54. The molecule has 1 aromatic carbocycles. The first-order valence-corrected chi connectivity index (χ1v) is 16.9. The monoisotopic (exact) mass is 685 g/mol. The number of fused-ring (bicyclic) bond motifs is 5. The lowest BCUT2D eigenvalue weighted by Gasteiger charge is -2.67. The molecule has 12 nitrogen and oxygen atoms in total. The number of Topliss-reactive ketones (excluding diaryl/α,β-unsaturated/α-hetero) is 1. The average Bonchev–Trinajstić information content (AvgIpc) is 3.03. The molecule has 5 rings (SSSR count). The van der Waals surface area contributed by atoms with Gasteiger partial charge in [-0.3, -0.25) is 9.59 Å². The van der Waals surface area contributed by atoms with Gasteiger partial charge in [0.1, 0.15) is 29.7 Å². The molecule has 12 heteroatoms. The number of esters is 3. The molecule has 0 amide bonds. The van der Waals surface area contributed by atoms with Gasteiger partial charge in [0.15, 0.2) is 11.7 Å². The van der Waals surface area contributed by atoms with Crippen LogP contribution in [0.15, 0.2) is 41.5 Å². The largest absolute Gasteiger partial charge is 0.456 e. The van der Waals surface area contributed by atoms with Crippen molar-refractivity contribution in [3.05, 3.63) is 47.0 Å². The minimum absolute atomic E-state index is 0.0132. The Hall–Kier alpha value is -3.16. The van der Waals surface area contributed by atoms with Gasteiger partial charge in [0.2, 0.25) is 0 Å². The molecule has 270 valence electrons. The smallest absolute Gasteiger partial charge is 0.338 e. The van der Waals surface area contributed by atoms with Crippen LogP contribution < -0.4 is 0 Å². The number of rotatable bonds is 8. The zero-order valence-corrected chi connectivity index (χ0v) is 30.1. The highest BCUT2D eigenvalue weighted by Crippen LogP contribution is 2.65. The predicted octanol–water partition coefficient (Wildman–Crippen LogP) is 2.87. The number of aliphatic hydroxyl groups is 2. The van der Waals surface area contributed by atoms with Crippen molar-refractivity contribution in [2.75, 3.05) is 27.8 Å². The molecule has 2 N–H and O–H groups in total. The summed E-state index contributed by atoms with van der Waals surface area (Å²) >= 11 is 0. The molecule has 49 heavy (non-hydrogen) atoms. The van der Waals surface area contributed by atoms with Crippen LogP contribution in [0, 0.1) is 22.7 Å². The number of benzene rings is 1. The summed E-state index contributed by atoms with van der Waals surface area (Å²) in [6, 6.07) is 7.86. The van der Waals surface area contributed by atoms with Crippen molar-refractivity contribution in [1.82, 2.24) is 4.90 Å². The number of carbonyl (C=O) groups is 4. The van der Waals surface area contributed by atoms with Gasteiger partial charge in [0.05, 0.1) is 29.6 Å². The maximum Gasteiger partial charge on any atom is 0.338 e. The highest BCUT2D eigenvalue weighted by atomic mass is 16.6. The standard InChI is InChI=1S/C37H51NO11/c1-19-24(47-33(43)28(45-10)21(3)38(8)9)17-37(44)31(48-32(42)23-14-12-11-13-15-23)29-35(7,30(41)20(2)27(19)34(37,5)6)25(40)16-26-36(29,18-46-26)49-22(4)39/h11-15,20-21,24-26,28-29,31,40,44H,16-18H2,1-10H3/t20-,21?,24?,25?,26?,28?,29?,31?,35-,36?,37?/m1/s1. The van der Waals surface area contributed by atoms with Gasteiger partial charge in [-0.05, 0) is 58.1 Å². The Morgan fingerprint density at radius 1 is 1.08 bits per heavy atom. The van der Waals surface area contributed by atoms with E-state index in [1.165, 1.54) is 14.0 Å². The fourth-order valence-electron chi connectivity index (χ4n) is 9.24. The van der Waals surface area contributed by atoms with Crippen LogP contribution in [0.3, 0.4) is 0 Å². The van der Waals surface area contributed by atoms with Crippen LogP contribution in [0.1, 0.15) is 71.7 Å². The van der Waals surface area contributed by atoms with E-state index in [1.54, 1.807) is 65.0 Å². The fraction of sp³-hybridized carbons (Fsp3) is 0.676. The summed E-state index contributed by atoms with van der Waals surface area (Å²) in [7, 11) is 5.04. The van der Waals surface area contributed by atoms with E-state index in [-0.39, 0.29) is 36.8 Å². The van der Waals surface area contributed by atoms with E-state index in [2.05, 4.69) is 0 Å². The van der Waals surface area contributed by atoms with Gasteiger partial charge in [-0.1, -0.05) is 39.0 Å². The molecular formula is C37H51NO11. The summed E-state index contributed by atoms with van der Waals surface area (Å²) in [5.41, 5.74) is -5.19. The highest BCUT2D eigenvalue weighted by Gasteiger charge is 2.77. The first kappa shape index (κ1) is 37.1. The molecule has 0 spiro atoms. The van der Waals surface area contributed by atoms with Crippen molar-refractivity contribution in [3.63, 3.8) is 0 Å². The lowest BCUT2D eigenvalue weighted by atomic mass is 9.43.